The number of amides is 1. The highest BCUT2D eigenvalue weighted by Gasteiger charge is 2.04. The van der Waals surface area contributed by atoms with Crippen molar-refractivity contribution in [2.24, 2.45) is 0 Å². The molecule has 2 aromatic rings. The molecule has 0 fully saturated rings. The molecular formula is C15H17BrN4O. The molecule has 0 aliphatic heterocycles. The average molecular weight is 349 g/mol. The van der Waals surface area contributed by atoms with Crippen molar-refractivity contribution in [2.75, 3.05) is 10.6 Å². The minimum atomic E-state index is -0.0463. The van der Waals surface area contributed by atoms with Gasteiger partial charge in [-0.3, -0.25) is 4.79 Å². The van der Waals surface area contributed by atoms with Crippen molar-refractivity contribution < 1.29 is 4.79 Å². The summed E-state index contributed by atoms with van der Waals surface area (Å²) >= 11 is 3.49. The molecule has 0 saturated carbocycles. The lowest BCUT2D eigenvalue weighted by atomic mass is 10.2. The van der Waals surface area contributed by atoms with E-state index in [1.807, 2.05) is 32.0 Å². The predicted molar refractivity (Wildman–Crippen MR) is 87.7 cm³/mol. The highest BCUT2D eigenvalue weighted by molar-refractivity contribution is 9.10. The lowest BCUT2D eigenvalue weighted by molar-refractivity contribution is -0.116. The van der Waals surface area contributed by atoms with E-state index in [9.17, 15) is 4.79 Å². The molecule has 1 heterocycles. The molecule has 1 aromatic heterocycles. The first kappa shape index (κ1) is 15.4. The van der Waals surface area contributed by atoms with E-state index >= 15 is 0 Å². The molecule has 0 saturated heterocycles. The molecule has 21 heavy (non-hydrogen) atoms. The van der Waals surface area contributed by atoms with E-state index in [-0.39, 0.29) is 5.91 Å². The van der Waals surface area contributed by atoms with Crippen LogP contribution in [0.3, 0.4) is 0 Å². The molecule has 0 spiro atoms. The van der Waals surface area contributed by atoms with Gasteiger partial charge in [-0.25, -0.2) is 0 Å². The van der Waals surface area contributed by atoms with Crippen molar-refractivity contribution in [1.82, 2.24) is 10.2 Å². The van der Waals surface area contributed by atoms with Gasteiger partial charge in [0, 0.05) is 16.6 Å². The van der Waals surface area contributed by atoms with Crippen molar-refractivity contribution in [3.63, 3.8) is 0 Å². The molecule has 0 unspecified atom stereocenters. The minimum Gasteiger partial charge on any atom is -0.339 e. The third-order valence-corrected chi connectivity index (χ3v) is 3.71. The number of benzene rings is 1. The normalized spacial score (nSPS) is 10.2. The predicted octanol–water partition coefficient (Wildman–Crippen LogP) is 4.03. The molecule has 1 aromatic carbocycles. The van der Waals surface area contributed by atoms with Crippen molar-refractivity contribution in [1.29, 1.82) is 0 Å². The molecule has 0 aliphatic carbocycles. The van der Waals surface area contributed by atoms with Crippen LogP contribution in [0.5, 0.6) is 0 Å². The van der Waals surface area contributed by atoms with E-state index in [0.29, 0.717) is 18.1 Å². The summed E-state index contributed by atoms with van der Waals surface area (Å²) in [6.45, 7) is 3.99. The number of aromatic nitrogens is 2. The van der Waals surface area contributed by atoms with Crippen LogP contribution in [0.15, 0.2) is 34.8 Å². The lowest BCUT2D eigenvalue weighted by Gasteiger charge is -2.08. The van der Waals surface area contributed by atoms with E-state index in [1.54, 1.807) is 12.1 Å². The molecule has 2 rings (SSSR count). The van der Waals surface area contributed by atoms with Gasteiger partial charge in [-0.05, 0) is 43.2 Å². The van der Waals surface area contributed by atoms with Gasteiger partial charge in [0.15, 0.2) is 11.6 Å². The SMILES string of the molecule is CCCC(=O)Nc1ccc(Nc2ccc(C)c(Br)c2)nn1. The van der Waals surface area contributed by atoms with Crippen LogP contribution in [0.1, 0.15) is 25.3 Å². The number of halogens is 1. The Balaban J connectivity index is 2.01. The van der Waals surface area contributed by atoms with Crippen molar-refractivity contribution >= 4 is 39.2 Å². The van der Waals surface area contributed by atoms with Gasteiger partial charge in [-0.15, -0.1) is 10.2 Å². The molecule has 0 aliphatic rings. The maximum Gasteiger partial charge on any atom is 0.225 e. The van der Waals surface area contributed by atoms with Crippen LogP contribution in [0.25, 0.3) is 0 Å². The summed E-state index contributed by atoms with van der Waals surface area (Å²) < 4.78 is 1.03. The number of rotatable bonds is 5. The molecule has 6 heteroatoms. The molecular weight excluding hydrogens is 332 g/mol. The molecule has 2 N–H and O–H groups in total. The minimum absolute atomic E-state index is 0.0463. The Labute approximate surface area is 132 Å². The molecule has 1 amide bonds. The first-order chi connectivity index (χ1) is 10.1. The monoisotopic (exact) mass is 348 g/mol. The maximum atomic E-state index is 11.5. The molecule has 0 radical (unpaired) electrons. The third-order valence-electron chi connectivity index (χ3n) is 2.85. The number of hydrogen-bond donors (Lipinski definition) is 2. The Morgan fingerprint density at radius 3 is 2.52 bits per heavy atom. The topological polar surface area (TPSA) is 66.9 Å². The summed E-state index contributed by atoms with van der Waals surface area (Å²) in [5, 5.41) is 13.9. The second kappa shape index (κ2) is 7.17. The zero-order valence-corrected chi connectivity index (χ0v) is 13.6. The summed E-state index contributed by atoms with van der Waals surface area (Å²) in [6, 6.07) is 9.47. The van der Waals surface area contributed by atoms with E-state index in [4.69, 9.17) is 0 Å². The quantitative estimate of drug-likeness (QED) is 0.855. The number of carbonyl (C=O) groups is 1. The van der Waals surface area contributed by atoms with Gasteiger partial charge >= 0.3 is 0 Å². The van der Waals surface area contributed by atoms with Crippen LogP contribution in [0.2, 0.25) is 0 Å². The van der Waals surface area contributed by atoms with Gasteiger partial charge in [0.25, 0.3) is 0 Å². The fourth-order valence-electron chi connectivity index (χ4n) is 1.72. The van der Waals surface area contributed by atoms with Crippen molar-refractivity contribution in [3.05, 3.63) is 40.4 Å². The summed E-state index contributed by atoms with van der Waals surface area (Å²) in [5.74, 6) is 1.04. The van der Waals surface area contributed by atoms with Crippen molar-refractivity contribution in [3.8, 4) is 0 Å². The van der Waals surface area contributed by atoms with Gasteiger partial charge in [0.1, 0.15) is 0 Å². The summed E-state index contributed by atoms with van der Waals surface area (Å²) in [5.41, 5.74) is 2.09. The Bertz CT molecular complexity index is 628. The fraction of sp³-hybridized carbons (Fsp3) is 0.267. The largest absolute Gasteiger partial charge is 0.339 e. The summed E-state index contributed by atoms with van der Waals surface area (Å²) in [6.07, 6.45) is 1.29. The molecule has 0 atom stereocenters. The van der Waals surface area contributed by atoms with Crippen LogP contribution < -0.4 is 10.6 Å². The first-order valence-corrected chi connectivity index (χ1v) is 7.54. The second-order valence-corrected chi connectivity index (χ2v) is 5.55. The van der Waals surface area contributed by atoms with Gasteiger partial charge in [0.2, 0.25) is 5.91 Å². The summed E-state index contributed by atoms with van der Waals surface area (Å²) in [4.78, 5) is 11.5. The molecule has 0 bridgehead atoms. The van der Waals surface area contributed by atoms with Crippen LogP contribution in [0.4, 0.5) is 17.3 Å². The number of nitrogens with zero attached hydrogens (tertiary/aromatic N) is 2. The van der Waals surface area contributed by atoms with Crippen LogP contribution >= 0.6 is 15.9 Å². The highest BCUT2D eigenvalue weighted by atomic mass is 79.9. The van der Waals surface area contributed by atoms with Gasteiger partial charge < -0.3 is 10.6 Å². The third kappa shape index (κ3) is 4.53. The van der Waals surface area contributed by atoms with Gasteiger partial charge in [0.05, 0.1) is 0 Å². The summed E-state index contributed by atoms with van der Waals surface area (Å²) in [7, 11) is 0. The van der Waals surface area contributed by atoms with E-state index in [0.717, 1.165) is 16.6 Å². The van der Waals surface area contributed by atoms with E-state index in [1.165, 1.54) is 5.56 Å². The number of hydrogen-bond acceptors (Lipinski definition) is 4. The molecule has 5 nitrogen and oxygen atoms in total. The first-order valence-electron chi connectivity index (χ1n) is 6.75. The zero-order valence-electron chi connectivity index (χ0n) is 12.0. The second-order valence-electron chi connectivity index (χ2n) is 4.69. The van der Waals surface area contributed by atoms with Crippen LogP contribution in [-0.2, 0) is 4.79 Å². The zero-order chi connectivity index (χ0) is 15.2. The highest BCUT2D eigenvalue weighted by Crippen LogP contribution is 2.22. The van der Waals surface area contributed by atoms with Crippen LogP contribution in [-0.4, -0.2) is 16.1 Å². The lowest BCUT2D eigenvalue weighted by Crippen LogP contribution is -2.12. The standard InChI is InChI=1S/C15H17BrN4O/c1-3-4-15(21)18-14-8-7-13(19-20-14)17-11-6-5-10(2)12(16)9-11/h5-9H,3-4H2,1-2H3,(H,17,19)(H,18,20,21). The van der Waals surface area contributed by atoms with Gasteiger partial charge in [-0.1, -0.05) is 28.9 Å². The fourth-order valence-corrected chi connectivity index (χ4v) is 2.10. The maximum absolute atomic E-state index is 11.5. The number of carbonyl (C=O) groups excluding carboxylic acids is 1. The number of nitrogens with one attached hydrogen (secondary N) is 2. The number of anilines is 3. The number of aryl methyl sites for hydroxylation is 1. The Hall–Kier alpha value is -1.95. The van der Waals surface area contributed by atoms with Gasteiger partial charge in [-0.2, -0.15) is 0 Å². The van der Waals surface area contributed by atoms with E-state index < -0.39 is 0 Å². The average Bonchev–Trinajstić information content (AvgIpc) is 2.45. The van der Waals surface area contributed by atoms with Crippen LogP contribution in [0, 0.1) is 6.92 Å². The van der Waals surface area contributed by atoms with Crippen molar-refractivity contribution in [2.45, 2.75) is 26.7 Å². The smallest absolute Gasteiger partial charge is 0.225 e. The Morgan fingerprint density at radius 1 is 1.19 bits per heavy atom. The van der Waals surface area contributed by atoms with E-state index in [2.05, 4.69) is 36.8 Å². The Morgan fingerprint density at radius 2 is 1.90 bits per heavy atom. The Kier molecular flexibility index (Phi) is 5.27. The molecule has 110 valence electrons.